The highest BCUT2D eigenvalue weighted by Crippen LogP contribution is 2.19. The molecule has 1 amide bonds. The zero-order chi connectivity index (χ0) is 17.1. The molecular weight excluding hydrogens is 311 g/mol. The van der Waals surface area contributed by atoms with Crippen LogP contribution in [0.2, 0.25) is 0 Å². The van der Waals surface area contributed by atoms with E-state index in [1.165, 1.54) is 6.07 Å². The first kappa shape index (κ1) is 16.9. The molecule has 3 rings (SSSR count). The number of rotatable bonds is 5. The number of nitrogens with two attached hydrogens (primary N) is 1. The predicted octanol–water partition coefficient (Wildman–Crippen LogP) is 1.12. The number of benzene rings is 1. The van der Waals surface area contributed by atoms with Gasteiger partial charge in [-0.1, -0.05) is 6.07 Å². The molecule has 7 heteroatoms. The largest absolute Gasteiger partial charge is 0.381 e. The van der Waals surface area contributed by atoms with Crippen molar-refractivity contribution >= 4 is 16.9 Å². The smallest absolute Gasteiger partial charge is 0.237 e. The summed E-state index contributed by atoms with van der Waals surface area (Å²) in [6.07, 6.45) is 2.16. The van der Waals surface area contributed by atoms with Crippen LogP contribution >= 0.6 is 0 Å². The van der Waals surface area contributed by atoms with Gasteiger partial charge in [-0.15, -0.1) is 0 Å². The quantitative estimate of drug-likeness (QED) is 0.859. The van der Waals surface area contributed by atoms with Crippen LogP contribution in [-0.4, -0.2) is 41.3 Å². The number of carbonyl (C=O) groups is 1. The van der Waals surface area contributed by atoms with E-state index in [1.807, 2.05) is 17.7 Å². The summed E-state index contributed by atoms with van der Waals surface area (Å²) in [5.41, 5.74) is 7.15. The molecule has 0 radical (unpaired) electrons. The van der Waals surface area contributed by atoms with Crippen LogP contribution in [0.25, 0.3) is 11.0 Å². The number of para-hydroxylation sites is 1. The van der Waals surface area contributed by atoms with E-state index in [1.54, 1.807) is 6.07 Å². The molecule has 1 aliphatic rings. The fraction of sp³-hybridized carbons (Fsp3) is 0.529. The summed E-state index contributed by atoms with van der Waals surface area (Å²) < 4.78 is 20.9. The first-order valence-electron chi connectivity index (χ1n) is 8.29. The maximum absolute atomic E-state index is 13.8. The second-order valence-corrected chi connectivity index (χ2v) is 6.21. The Balaban J connectivity index is 1.57. The van der Waals surface area contributed by atoms with Gasteiger partial charge >= 0.3 is 0 Å². The summed E-state index contributed by atoms with van der Waals surface area (Å²) in [6.45, 7) is 1.75. The Bertz CT molecular complexity index is 725. The first-order chi connectivity index (χ1) is 11.6. The van der Waals surface area contributed by atoms with Gasteiger partial charge in [0, 0.05) is 33.2 Å². The van der Waals surface area contributed by atoms with E-state index in [0.29, 0.717) is 31.7 Å². The minimum atomic E-state index is -0.508. The average molecular weight is 334 g/mol. The highest BCUT2D eigenvalue weighted by atomic mass is 19.1. The SMILES string of the molecule is Cn1c(CCNC(=O)C(N)C2CCOCC2)nc2c(F)cccc21. The summed E-state index contributed by atoms with van der Waals surface area (Å²) in [5, 5.41) is 2.86. The van der Waals surface area contributed by atoms with Crippen LogP contribution < -0.4 is 11.1 Å². The molecule has 130 valence electrons. The third-order valence-corrected chi connectivity index (χ3v) is 4.68. The van der Waals surface area contributed by atoms with Crippen LogP contribution in [0.3, 0.4) is 0 Å². The molecule has 3 N–H and O–H groups in total. The molecule has 2 aromatic rings. The second-order valence-electron chi connectivity index (χ2n) is 6.21. The number of amides is 1. The van der Waals surface area contributed by atoms with E-state index in [2.05, 4.69) is 10.3 Å². The number of fused-ring (bicyclic) bond motifs is 1. The van der Waals surface area contributed by atoms with Gasteiger partial charge in [-0.2, -0.15) is 0 Å². The lowest BCUT2D eigenvalue weighted by Crippen LogP contribution is -2.47. The molecule has 0 bridgehead atoms. The van der Waals surface area contributed by atoms with Gasteiger partial charge in [0.15, 0.2) is 5.82 Å². The molecule has 1 aliphatic heterocycles. The maximum Gasteiger partial charge on any atom is 0.237 e. The van der Waals surface area contributed by atoms with E-state index >= 15 is 0 Å². The molecule has 0 spiro atoms. The number of halogens is 1. The molecule has 1 fully saturated rings. The number of aryl methyl sites for hydroxylation is 1. The summed E-state index contributed by atoms with van der Waals surface area (Å²) in [6, 6.07) is 4.38. The zero-order valence-corrected chi connectivity index (χ0v) is 13.8. The topological polar surface area (TPSA) is 82.2 Å². The average Bonchev–Trinajstić information content (AvgIpc) is 2.93. The number of hydrogen-bond donors (Lipinski definition) is 2. The van der Waals surface area contributed by atoms with Crippen molar-refractivity contribution in [2.45, 2.75) is 25.3 Å². The van der Waals surface area contributed by atoms with E-state index in [4.69, 9.17) is 10.5 Å². The van der Waals surface area contributed by atoms with Crippen molar-refractivity contribution < 1.29 is 13.9 Å². The molecule has 0 saturated carbocycles. The summed E-state index contributed by atoms with van der Waals surface area (Å²) in [7, 11) is 1.85. The number of nitrogens with zero attached hydrogens (tertiary/aromatic N) is 2. The van der Waals surface area contributed by atoms with Crippen LogP contribution in [0, 0.1) is 11.7 Å². The molecule has 1 unspecified atom stereocenters. The van der Waals surface area contributed by atoms with Crippen molar-refractivity contribution in [1.29, 1.82) is 0 Å². The lowest BCUT2D eigenvalue weighted by atomic mass is 9.92. The van der Waals surface area contributed by atoms with Crippen molar-refractivity contribution in [2.75, 3.05) is 19.8 Å². The standard InChI is InChI=1S/C17H23FN4O2/c1-22-13-4-2-3-12(18)16(13)21-14(22)5-8-20-17(23)15(19)11-6-9-24-10-7-11/h2-4,11,15H,5-10,19H2,1H3,(H,20,23). The van der Waals surface area contributed by atoms with E-state index in [0.717, 1.165) is 24.2 Å². The lowest BCUT2D eigenvalue weighted by molar-refractivity contribution is -0.124. The Labute approximate surface area is 140 Å². The van der Waals surface area contributed by atoms with Crippen molar-refractivity contribution in [3.8, 4) is 0 Å². The third-order valence-electron chi connectivity index (χ3n) is 4.68. The van der Waals surface area contributed by atoms with Crippen molar-refractivity contribution in [1.82, 2.24) is 14.9 Å². The van der Waals surface area contributed by atoms with E-state index in [-0.39, 0.29) is 17.6 Å². The molecule has 2 heterocycles. The Morgan fingerprint density at radius 2 is 2.25 bits per heavy atom. The van der Waals surface area contributed by atoms with Gasteiger partial charge in [-0.05, 0) is 30.9 Å². The molecule has 0 aliphatic carbocycles. The summed E-state index contributed by atoms with van der Waals surface area (Å²) in [5.74, 6) is 0.422. The summed E-state index contributed by atoms with van der Waals surface area (Å²) >= 11 is 0. The monoisotopic (exact) mass is 334 g/mol. The Hall–Kier alpha value is -1.99. The second kappa shape index (κ2) is 7.27. The van der Waals surface area contributed by atoms with Crippen molar-refractivity contribution in [3.05, 3.63) is 29.8 Å². The Morgan fingerprint density at radius 3 is 2.96 bits per heavy atom. The fourth-order valence-electron chi connectivity index (χ4n) is 3.16. The van der Waals surface area contributed by atoms with Crippen LogP contribution in [0.15, 0.2) is 18.2 Å². The highest BCUT2D eigenvalue weighted by Gasteiger charge is 2.26. The Kier molecular flexibility index (Phi) is 5.11. The minimum Gasteiger partial charge on any atom is -0.381 e. The van der Waals surface area contributed by atoms with E-state index in [9.17, 15) is 9.18 Å². The van der Waals surface area contributed by atoms with Crippen LogP contribution in [0.5, 0.6) is 0 Å². The first-order valence-corrected chi connectivity index (χ1v) is 8.29. The van der Waals surface area contributed by atoms with Crippen molar-refractivity contribution in [2.24, 2.45) is 18.7 Å². The number of imidazole rings is 1. The van der Waals surface area contributed by atoms with Crippen LogP contribution in [-0.2, 0) is 23.0 Å². The van der Waals surface area contributed by atoms with E-state index < -0.39 is 6.04 Å². The molecule has 1 aromatic heterocycles. The number of nitrogens with one attached hydrogen (secondary N) is 1. The maximum atomic E-state index is 13.8. The normalized spacial score (nSPS) is 17.1. The van der Waals surface area contributed by atoms with Gasteiger partial charge in [-0.3, -0.25) is 4.79 Å². The molecule has 1 saturated heterocycles. The number of carbonyl (C=O) groups excluding carboxylic acids is 1. The number of ether oxygens (including phenoxy) is 1. The number of hydrogen-bond acceptors (Lipinski definition) is 4. The predicted molar refractivity (Wildman–Crippen MR) is 88.9 cm³/mol. The van der Waals surface area contributed by atoms with Gasteiger partial charge < -0.3 is 20.4 Å². The Morgan fingerprint density at radius 1 is 1.50 bits per heavy atom. The zero-order valence-electron chi connectivity index (χ0n) is 13.8. The van der Waals surface area contributed by atoms with Crippen LogP contribution in [0.4, 0.5) is 4.39 Å². The van der Waals surface area contributed by atoms with Gasteiger partial charge in [-0.25, -0.2) is 9.37 Å². The fourth-order valence-corrected chi connectivity index (χ4v) is 3.16. The lowest BCUT2D eigenvalue weighted by Gasteiger charge is -2.26. The number of aromatic nitrogens is 2. The molecule has 1 aromatic carbocycles. The molecular formula is C17H23FN4O2. The summed E-state index contributed by atoms with van der Waals surface area (Å²) in [4.78, 5) is 16.5. The van der Waals surface area contributed by atoms with Gasteiger partial charge in [0.25, 0.3) is 0 Å². The van der Waals surface area contributed by atoms with Crippen molar-refractivity contribution in [3.63, 3.8) is 0 Å². The minimum absolute atomic E-state index is 0.146. The van der Waals surface area contributed by atoms with Gasteiger partial charge in [0.05, 0.1) is 11.6 Å². The molecule has 1 atom stereocenters. The van der Waals surface area contributed by atoms with Crippen LogP contribution in [0.1, 0.15) is 18.7 Å². The third kappa shape index (κ3) is 3.42. The highest BCUT2D eigenvalue weighted by molar-refractivity contribution is 5.81. The molecule has 6 nitrogen and oxygen atoms in total. The van der Waals surface area contributed by atoms with Gasteiger partial charge in [0.2, 0.25) is 5.91 Å². The molecule has 24 heavy (non-hydrogen) atoms. The van der Waals surface area contributed by atoms with Gasteiger partial charge in [0.1, 0.15) is 11.3 Å².